The van der Waals surface area contributed by atoms with Crippen molar-refractivity contribution in [2.45, 2.75) is 59.8 Å². The van der Waals surface area contributed by atoms with Crippen LogP contribution in [0.1, 0.15) is 59.8 Å². The van der Waals surface area contributed by atoms with Gasteiger partial charge in [-0.25, -0.2) is 0 Å². The molecule has 0 aromatic carbocycles. The molecule has 0 spiro atoms. The van der Waals surface area contributed by atoms with Crippen LogP contribution in [0.3, 0.4) is 0 Å². The standard InChI is InChI=1S/C18H32/c1-7-9-11-15(3)17(5)13-14-18(6)16(4)12-10-8-2/h7,9,11,16-18H,1,3,8,10,12-14H2,2,4-6H3/b11-9-. The summed E-state index contributed by atoms with van der Waals surface area (Å²) in [6.45, 7) is 17.2. The molecule has 0 bridgehead atoms. The lowest BCUT2D eigenvalue weighted by Gasteiger charge is -2.21. The van der Waals surface area contributed by atoms with Crippen molar-refractivity contribution in [2.24, 2.45) is 17.8 Å². The Balaban J connectivity index is 3.96. The van der Waals surface area contributed by atoms with Gasteiger partial charge in [-0.15, -0.1) is 0 Å². The second kappa shape index (κ2) is 10.2. The largest absolute Gasteiger partial charge is 0.0991 e. The molecule has 0 saturated carbocycles. The SMILES string of the molecule is C=C/C=C\C(=C)C(C)CCC(C)C(C)CCCC. The molecular formula is C18H32. The van der Waals surface area contributed by atoms with Gasteiger partial charge in [0.2, 0.25) is 0 Å². The maximum atomic E-state index is 4.13. The van der Waals surface area contributed by atoms with Crippen LogP contribution in [0.15, 0.2) is 37.0 Å². The molecule has 0 radical (unpaired) electrons. The van der Waals surface area contributed by atoms with E-state index in [2.05, 4.69) is 46.9 Å². The fraction of sp³-hybridized carbons (Fsp3) is 0.667. The maximum Gasteiger partial charge on any atom is -0.0196 e. The van der Waals surface area contributed by atoms with Crippen LogP contribution in [0, 0.1) is 17.8 Å². The van der Waals surface area contributed by atoms with Gasteiger partial charge in [0.25, 0.3) is 0 Å². The van der Waals surface area contributed by atoms with E-state index < -0.39 is 0 Å². The predicted octanol–water partition coefficient (Wildman–Crippen LogP) is 6.16. The van der Waals surface area contributed by atoms with E-state index in [9.17, 15) is 0 Å². The number of unbranched alkanes of at least 4 members (excludes halogenated alkanes) is 1. The molecule has 0 aliphatic rings. The maximum absolute atomic E-state index is 4.13. The van der Waals surface area contributed by atoms with Crippen molar-refractivity contribution < 1.29 is 0 Å². The minimum atomic E-state index is 0.585. The van der Waals surface area contributed by atoms with Crippen molar-refractivity contribution in [1.29, 1.82) is 0 Å². The van der Waals surface area contributed by atoms with Crippen LogP contribution in [0.4, 0.5) is 0 Å². The first-order valence-electron chi connectivity index (χ1n) is 7.50. The zero-order chi connectivity index (χ0) is 14.0. The summed E-state index contributed by atoms with van der Waals surface area (Å²) in [5.41, 5.74) is 1.23. The summed E-state index contributed by atoms with van der Waals surface area (Å²) in [4.78, 5) is 0. The highest BCUT2D eigenvalue weighted by Gasteiger charge is 2.13. The Kier molecular flexibility index (Phi) is 9.73. The molecule has 0 aliphatic carbocycles. The molecule has 0 saturated heterocycles. The molecule has 0 aromatic heterocycles. The van der Waals surface area contributed by atoms with Crippen LogP contribution in [0.25, 0.3) is 0 Å². The van der Waals surface area contributed by atoms with E-state index in [-0.39, 0.29) is 0 Å². The summed E-state index contributed by atoms with van der Waals surface area (Å²) >= 11 is 0. The van der Waals surface area contributed by atoms with E-state index in [1.165, 1.54) is 37.7 Å². The minimum Gasteiger partial charge on any atom is -0.0991 e. The molecule has 0 aromatic rings. The predicted molar refractivity (Wildman–Crippen MR) is 84.7 cm³/mol. The summed E-state index contributed by atoms with van der Waals surface area (Å²) in [5, 5.41) is 0. The fourth-order valence-corrected chi connectivity index (χ4v) is 2.15. The number of allylic oxidation sites excluding steroid dienone is 4. The quantitative estimate of drug-likeness (QED) is 0.406. The van der Waals surface area contributed by atoms with Gasteiger partial charge in [0.15, 0.2) is 0 Å². The first-order valence-corrected chi connectivity index (χ1v) is 7.50. The zero-order valence-electron chi connectivity index (χ0n) is 12.9. The van der Waals surface area contributed by atoms with Gasteiger partial charge < -0.3 is 0 Å². The van der Waals surface area contributed by atoms with Crippen LogP contribution in [-0.4, -0.2) is 0 Å². The Morgan fingerprint density at radius 1 is 1.06 bits per heavy atom. The van der Waals surface area contributed by atoms with Crippen LogP contribution >= 0.6 is 0 Å². The molecule has 0 fully saturated rings. The number of rotatable bonds is 10. The first-order chi connectivity index (χ1) is 8.52. The first kappa shape index (κ1) is 17.2. The lowest BCUT2D eigenvalue weighted by Crippen LogP contribution is -2.10. The molecular weight excluding hydrogens is 216 g/mol. The van der Waals surface area contributed by atoms with E-state index in [1.54, 1.807) is 0 Å². The Labute approximate surface area is 115 Å². The summed E-state index contributed by atoms with van der Waals surface area (Å²) in [6.07, 6.45) is 12.5. The smallest absolute Gasteiger partial charge is 0.0196 e. The lowest BCUT2D eigenvalue weighted by atomic mass is 9.84. The van der Waals surface area contributed by atoms with Crippen molar-refractivity contribution in [3.05, 3.63) is 37.0 Å². The van der Waals surface area contributed by atoms with Gasteiger partial charge in [-0.1, -0.05) is 83.9 Å². The highest BCUT2D eigenvalue weighted by molar-refractivity contribution is 5.20. The minimum absolute atomic E-state index is 0.585. The molecule has 0 N–H and O–H groups in total. The third kappa shape index (κ3) is 7.53. The Morgan fingerprint density at radius 2 is 1.67 bits per heavy atom. The second-order valence-electron chi connectivity index (χ2n) is 5.74. The third-order valence-corrected chi connectivity index (χ3v) is 4.12. The van der Waals surface area contributed by atoms with Crippen LogP contribution in [-0.2, 0) is 0 Å². The summed E-state index contributed by atoms with van der Waals surface area (Å²) in [5.74, 6) is 2.27. The summed E-state index contributed by atoms with van der Waals surface area (Å²) in [6, 6.07) is 0. The Morgan fingerprint density at radius 3 is 2.22 bits per heavy atom. The van der Waals surface area contributed by atoms with Crippen LogP contribution in [0.2, 0.25) is 0 Å². The van der Waals surface area contributed by atoms with Crippen molar-refractivity contribution in [1.82, 2.24) is 0 Å². The van der Waals surface area contributed by atoms with Gasteiger partial charge in [0, 0.05) is 0 Å². The molecule has 0 amide bonds. The molecule has 104 valence electrons. The molecule has 0 heteroatoms. The van der Waals surface area contributed by atoms with Crippen molar-refractivity contribution in [2.75, 3.05) is 0 Å². The third-order valence-electron chi connectivity index (χ3n) is 4.12. The molecule has 0 rings (SSSR count). The van der Waals surface area contributed by atoms with E-state index in [0.717, 1.165) is 11.8 Å². The van der Waals surface area contributed by atoms with Gasteiger partial charge in [-0.3, -0.25) is 0 Å². The number of hydrogen-bond donors (Lipinski definition) is 0. The van der Waals surface area contributed by atoms with Gasteiger partial charge >= 0.3 is 0 Å². The van der Waals surface area contributed by atoms with E-state index in [1.807, 2.05) is 12.2 Å². The summed E-state index contributed by atoms with van der Waals surface area (Å²) in [7, 11) is 0. The molecule has 3 unspecified atom stereocenters. The zero-order valence-corrected chi connectivity index (χ0v) is 12.9. The van der Waals surface area contributed by atoms with E-state index in [4.69, 9.17) is 0 Å². The second-order valence-corrected chi connectivity index (χ2v) is 5.74. The van der Waals surface area contributed by atoms with Crippen molar-refractivity contribution in [3.63, 3.8) is 0 Å². The summed E-state index contributed by atoms with van der Waals surface area (Å²) < 4.78 is 0. The van der Waals surface area contributed by atoms with Gasteiger partial charge in [-0.05, 0) is 30.6 Å². The average molecular weight is 248 g/mol. The van der Waals surface area contributed by atoms with E-state index >= 15 is 0 Å². The normalized spacial score (nSPS) is 16.4. The van der Waals surface area contributed by atoms with Crippen molar-refractivity contribution in [3.8, 4) is 0 Å². The monoisotopic (exact) mass is 248 g/mol. The number of hydrogen-bond acceptors (Lipinski definition) is 0. The molecule has 18 heavy (non-hydrogen) atoms. The molecule has 0 nitrogen and oxygen atoms in total. The van der Waals surface area contributed by atoms with Crippen LogP contribution < -0.4 is 0 Å². The van der Waals surface area contributed by atoms with Crippen molar-refractivity contribution >= 4 is 0 Å². The molecule has 0 aliphatic heterocycles. The van der Waals surface area contributed by atoms with Gasteiger partial charge in [-0.2, -0.15) is 0 Å². The average Bonchev–Trinajstić information content (AvgIpc) is 2.38. The Bertz CT molecular complexity index is 259. The molecule has 3 atom stereocenters. The topological polar surface area (TPSA) is 0 Å². The lowest BCUT2D eigenvalue weighted by molar-refractivity contribution is 0.318. The molecule has 0 heterocycles. The highest BCUT2D eigenvalue weighted by Crippen LogP contribution is 2.26. The van der Waals surface area contributed by atoms with E-state index in [0.29, 0.717) is 5.92 Å². The van der Waals surface area contributed by atoms with Crippen LogP contribution in [0.5, 0.6) is 0 Å². The van der Waals surface area contributed by atoms with Gasteiger partial charge in [0.1, 0.15) is 0 Å². The van der Waals surface area contributed by atoms with Gasteiger partial charge in [0.05, 0.1) is 0 Å². The Hall–Kier alpha value is -0.780. The highest BCUT2D eigenvalue weighted by atomic mass is 14.2. The fourth-order valence-electron chi connectivity index (χ4n) is 2.15.